The van der Waals surface area contributed by atoms with E-state index in [4.69, 9.17) is 10.7 Å². The summed E-state index contributed by atoms with van der Waals surface area (Å²) in [6.45, 7) is 5.33. The SMILES string of the molecule is CN1CCCC(CN=C(N)N2CCN(c3ccc(F)cc3)CC2)C1c1cccs1. The van der Waals surface area contributed by atoms with Crippen molar-refractivity contribution in [2.45, 2.75) is 18.9 Å². The maximum atomic E-state index is 13.1. The number of piperidine rings is 1. The van der Waals surface area contributed by atoms with Crippen LogP contribution in [0.15, 0.2) is 46.8 Å². The minimum Gasteiger partial charge on any atom is -0.370 e. The molecule has 7 heteroatoms. The first kappa shape index (κ1) is 20.2. The molecule has 2 N–H and O–H groups in total. The number of nitrogens with two attached hydrogens (primary N) is 1. The van der Waals surface area contributed by atoms with Gasteiger partial charge in [-0.2, -0.15) is 0 Å². The average molecular weight is 416 g/mol. The van der Waals surface area contributed by atoms with Gasteiger partial charge < -0.3 is 15.5 Å². The molecule has 2 fully saturated rings. The molecule has 2 aliphatic rings. The Labute approximate surface area is 176 Å². The van der Waals surface area contributed by atoms with E-state index in [2.05, 4.69) is 39.3 Å². The fourth-order valence-electron chi connectivity index (χ4n) is 4.52. The Morgan fingerprint density at radius 1 is 1.14 bits per heavy atom. The van der Waals surface area contributed by atoms with Gasteiger partial charge in [-0.25, -0.2) is 4.39 Å². The number of guanidine groups is 1. The van der Waals surface area contributed by atoms with Crippen LogP contribution in [0.1, 0.15) is 23.8 Å². The predicted octanol–water partition coefficient (Wildman–Crippen LogP) is 3.41. The van der Waals surface area contributed by atoms with Crippen molar-refractivity contribution in [3.63, 3.8) is 0 Å². The number of piperazine rings is 1. The third kappa shape index (κ3) is 4.73. The van der Waals surface area contributed by atoms with E-state index >= 15 is 0 Å². The minimum atomic E-state index is -0.196. The molecular formula is C22H30FN5S. The van der Waals surface area contributed by atoms with Crippen molar-refractivity contribution in [3.05, 3.63) is 52.5 Å². The lowest BCUT2D eigenvalue weighted by Crippen LogP contribution is -2.51. The number of hydrogen-bond donors (Lipinski definition) is 1. The fourth-order valence-corrected chi connectivity index (χ4v) is 5.50. The van der Waals surface area contributed by atoms with Gasteiger partial charge in [-0.15, -0.1) is 11.3 Å². The van der Waals surface area contributed by atoms with E-state index in [0.29, 0.717) is 17.9 Å². The average Bonchev–Trinajstić information content (AvgIpc) is 3.27. The first-order valence-electron chi connectivity index (χ1n) is 10.4. The molecule has 0 radical (unpaired) electrons. The van der Waals surface area contributed by atoms with Crippen molar-refractivity contribution in [2.75, 3.05) is 51.2 Å². The van der Waals surface area contributed by atoms with Crippen molar-refractivity contribution in [2.24, 2.45) is 16.6 Å². The quantitative estimate of drug-likeness (QED) is 0.614. The Bertz CT molecular complexity index is 799. The van der Waals surface area contributed by atoms with E-state index < -0.39 is 0 Å². The number of likely N-dealkylation sites (tertiary alicyclic amines) is 1. The molecule has 0 spiro atoms. The Balaban J connectivity index is 1.34. The minimum absolute atomic E-state index is 0.196. The fraction of sp³-hybridized carbons (Fsp3) is 0.500. The van der Waals surface area contributed by atoms with E-state index in [-0.39, 0.29) is 5.82 Å². The molecule has 156 valence electrons. The highest BCUT2D eigenvalue weighted by molar-refractivity contribution is 7.10. The molecular weight excluding hydrogens is 385 g/mol. The van der Waals surface area contributed by atoms with E-state index in [1.54, 1.807) is 0 Å². The van der Waals surface area contributed by atoms with Gasteiger partial charge in [0, 0.05) is 49.3 Å². The van der Waals surface area contributed by atoms with Crippen molar-refractivity contribution in [3.8, 4) is 0 Å². The molecule has 2 aliphatic heterocycles. The van der Waals surface area contributed by atoms with E-state index in [1.807, 2.05) is 23.5 Å². The largest absolute Gasteiger partial charge is 0.370 e. The molecule has 1 aromatic carbocycles. The van der Waals surface area contributed by atoms with Crippen LogP contribution in [0, 0.1) is 11.7 Å². The second kappa shape index (κ2) is 9.13. The van der Waals surface area contributed by atoms with Gasteiger partial charge in [0.1, 0.15) is 5.82 Å². The highest BCUT2D eigenvalue weighted by Crippen LogP contribution is 2.37. The third-order valence-electron chi connectivity index (χ3n) is 6.13. The van der Waals surface area contributed by atoms with Gasteiger partial charge in [0.2, 0.25) is 0 Å². The number of hydrogen-bond acceptors (Lipinski definition) is 4. The van der Waals surface area contributed by atoms with Crippen LogP contribution < -0.4 is 10.6 Å². The third-order valence-corrected chi connectivity index (χ3v) is 7.07. The summed E-state index contributed by atoms with van der Waals surface area (Å²) in [5.74, 6) is 0.964. The highest BCUT2D eigenvalue weighted by atomic mass is 32.1. The van der Waals surface area contributed by atoms with Crippen molar-refractivity contribution >= 4 is 23.0 Å². The van der Waals surface area contributed by atoms with Crippen LogP contribution in [-0.2, 0) is 0 Å². The molecule has 0 bridgehead atoms. The van der Waals surface area contributed by atoms with Crippen LogP contribution in [0.2, 0.25) is 0 Å². The standard InChI is InChI=1S/C22H30FN5S/c1-26-10-2-4-17(21(26)20-5-3-15-29-20)16-25-22(24)28-13-11-27(12-14-28)19-8-6-18(23)7-9-19/h3,5-9,15,17,21H,2,4,10-14,16H2,1H3,(H2,24,25). The zero-order valence-electron chi connectivity index (χ0n) is 17.0. The smallest absolute Gasteiger partial charge is 0.191 e. The first-order valence-corrected chi connectivity index (χ1v) is 11.3. The zero-order chi connectivity index (χ0) is 20.2. The molecule has 2 unspecified atom stereocenters. The Kier molecular flexibility index (Phi) is 6.35. The predicted molar refractivity (Wildman–Crippen MR) is 119 cm³/mol. The van der Waals surface area contributed by atoms with Gasteiger partial charge in [-0.1, -0.05) is 6.07 Å². The molecule has 2 aromatic rings. The number of halogens is 1. The van der Waals surface area contributed by atoms with Crippen LogP contribution in [0.4, 0.5) is 10.1 Å². The number of aliphatic imine (C=N–C) groups is 1. The molecule has 5 nitrogen and oxygen atoms in total. The van der Waals surface area contributed by atoms with Gasteiger partial charge in [0.25, 0.3) is 0 Å². The Morgan fingerprint density at radius 2 is 1.90 bits per heavy atom. The summed E-state index contributed by atoms with van der Waals surface area (Å²) in [5, 5.41) is 2.16. The first-order chi connectivity index (χ1) is 14.1. The molecule has 0 aliphatic carbocycles. The van der Waals surface area contributed by atoms with Crippen LogP contribution in [0.3, 0.4) is 0 Å². The molecule has 1 aromatic heterocycles. The maximum Gasteiger partial charge on any atom is 0.191 e. The van der Waals surface area contributed by atoms with Crippen molar-refractivity contribution < 1.29 is 4.39 Å². The molecule has 0 saturated carbocycles. The molecule has 2 saturated heterocycles. The molecule has 4 rings (SSSR count). The number of thiophene rings is 1. The second-order valence-corrected chi connectivity index (χ2v) is 8.97. The van der Waals surface area contributed by atoms with Crippen molar-refractivity contribution in [1.82, 2.24) is 9.80 Å². The summed E-state index contributed by atoms with van der Waals surface area (Å²) in [6, 6.07) is 11.5. The van der Waals surface area contributed by atoms with Gasteiger partial charge in [-0.3, -0.25) is 9.89 Å². The lowest BCUT2D eigenvalue weighted by atomic mass is 9.88. The number of benzene rings is 1. The van der Waals surface area contributed by atoms with Crippen LogP contribution in [-0.4, -0.2) is 62.1 Å². The van der Waals surface area contributed by atoms with Gasteiger partial charge in [0.05, 0.1) is 0 Å². The normalized spacial score (nSPS) is 24.1. The summed E-state index contributed by atoms with van der Waals surface area (Å²) in [7, 11) is 2.22. The summed E-state index contributed by atoms with van der Waals surface area (Å²) < 4.78 is 13.1. The molecule has 0 amide bonds. The Morgan fingerprint density at radius 3 is 2.59 bits per heavy atom. The summed E-state index contributed by atoms with van der Waals surface area (Å²) in [5.41, 5.74) is 7.43. The van der Waals surface area contributed by atoms with Crippen LogP contribution in [0.5, 0.6) is 0 Å². The number of anilines is 1. The van der Waals surface area contributed by atoms with E-state index in [0.717, 1.165) is 45.0 Å². The zero-order valence-corrected chi connectivity index (χ0v) is 17.8. The van der Waals surface area contributed by atoms with Crippen LogP contribution in [0.25, 0.3) is 0 Å². The number of nitrogens with zero attached hydrogens (tertiary/aromatic N) is 4. The van der Waals surface area contributed by atoms with Crippen molar-refractivity contribution in [1.29, 1.82) is 0 Å². The number of rotatable bonds is 4. The van der Waals surface area contributed by atoms with E-state index in [9.17, 15) is 4.39 Å². The van der Waals surface area contributed by atoms with Gasteiger partial charge in [-0.05, 0) is 68.1 Å². The lowest BCUT2D eigenvalue weighted by Gasteiger charge is -2.39. The maximum absolute atomic E-state index is 13.1. The summed E-state index contributed by atoms with van der Waals surface area (Å²) >= 11 is 1.84. The van der Waals surface area contributed by atoms with E-state index in [1.165, 1.54) is 29.9 Å². The monoisotopic (exact) mass is 415 g/mol. The van der Waals surface area contributed by atoms with Gasteiger partial charge >= 0.3 is 0 Å². The van der Waals surface area contributed by atoms with Gasteiger partial charge in [0.15, 0.2) is 5.96 Å². The highest BCUT2D eigenvalue weighted by Gasteiger charge is 2.31. The molecule has 3 heterocycles. The summed E-state index contributed by atoms with van der Waals surface area (Å²) in [6.07, 6.45) is 2.41. The molecule has 2 atom stereocenters. The van der Waals surface area contributed by atoms with Crippen LogP contribution >= 0.6 is 11.3 Å². The summed E-state index contributed by atoms with van der Waals surface area (Å²) in [4.78, 5) is 13.1. The Hall–Kier alpha value is -2.12. The lowest BCUT2D eigenvalue weighted by molar-refractivity contribution is 0.128. The molecule has 29 heavy (non-hydrogen) atoms. The topological polar surface area (TPSA) is 48.1 Å². The second-order valence-electron chi connectivity index (χ2n) is 7.99.